The minimum atomic E-state index is -1.56. The number of nitrogens with zero attached hydrogens (tertiary/aromatic N) is 2. The van der Waals surface area contributed by atoms with Gasteiger partial charge in [-0.1, -0.05) is 0 Å². The molecule has 0 bridgehead atoms. The fourth-order valence-corrected chi connectivity index (χ4v) is 2.10. The lowest BCUT2D eigenvalue weighted by atomic mass is 10.2. The van der Waals surface area contributed by atoms with Gasteiger partial charge in [0.2, 0.25) is 0 Å². The molecule has 2 aromatic rings. The summed E-state index contributed by atoms with van der Waals surface area (Å²) in [7, 11) is 0. The van der Waals surface area contributed by atoms with Gasteiger partial charge >= 0.3 is 0 Å². The van der Waals surface area contributed by atoms with Crippen LogP contribution < -0.4 is 5.32 Å². The molecule has 2 rings (SSSR count). The molecular formula is C16H16F3N3O. The van der Waals surface area contributed by atoms with Crippen molar-refractivity contribution in [2.75, 3.05) is 18.4 Å². The highest BCUT2D eigenvalue weighted by Crippen LogP contribution is 2.23. The van der Waals surface area contributed by atoms with Crippen LogP contribution in [0, 0.1) is 17.5 Å². The first-order valence-electron chi connectivity index (χ1n) is 7.12. The molecular weight excluding hydrogens is 307 g/mol. The lowest BCUT2D eigenvalue weighted by Gasteiger charge is -2.18. The SMILES string of the molecule is CCN(CC)C(=O)c1cncc(Nc2ccc(F)c(F)c2F)c1. The highest BCUT2D eigenvalue weighted by Gasteiger charge is 2.16. The number of hydrogen-bond acceptors (Lipinski definition) is 3. The first-order valence-corrected chi connectivity index (χ1v) is 7.12. The van der Waals surface area contributed by atoms with Crippen LogP contribution in [0.15, 0.2) is 30.6 Å². The summed E-state index contributed by atoms with van der Waals surface area (Å²) >= 11 is 0. The zero-order valence-corrected chi connectivity index (χ0v) is 12.7. The monoisotopic (exact) mass is 323 g/mol. The fourth-order valence-electron chi connectivity index (χ4n) is 2.10. The number of halogens is 3. The summed E-state index contributed by atoms with van der Waals surface area (Å²) in [4.78, 5) is 17.8. The van der Waals surface area contributed by atoms with Gasteiger partial charge in [0.05, 0.1) is 23.1 Å². The minimum Gasteiger partial charge on any atom is -0.352 e. The Kier molecular flexibility index (Phi) is 5.20. The molecule has 0 atom stereocenters. The van der Waals surface area contributed by atoms with Crippen molar-refractivity contribution in [2.45, 2.75) is 13.8 Å². The van der Waals surface area contributed by atoms with E-state index in [1.54, 1.807) is 4.90 Å². The summed E-state index contributed by atoms with van der Waals surface area (Å²) in [5, 5.41) is 2.60. The number of aromatic nitrogens is 1. The molecule has 1 aromatic carbocycles. The third-order valence-electron chi connectivity index (χ3n) is 3.35. The van der Waals surface area contributed by atoms with E-state index in [0.717, 1.165) is 12.1 Å². The van der Waals surface area contributed by atoms with Gasteiger partial charge in [-0.15, -0.1) is 0 Å². The number of carbonyl (C=O) groups is 1. The Balaban J connectivity index is 2.27. The van der Waals surface area contributed by atoms with E-state index in [1.807, 2.05) is 13.8 Å². The highest BCUT2D eigenvalue weighted by atomic mass is 19.2. The van der Waals surface area contributed by atoms with Crippen molar-refractivity contribution >= 4 is 17.3 Å². The number of benzene rings is 1. The predicted octanol–water partition coefficient (Wildman–Crippen LogP) is 3.72. The maximum absolute atomic E-state index is 13.7. The molecule has 0 radical (unpaired) electrons. The summed E-state index contributed by atoms with van der Waals surface area (Å²) in [5.41, 5.74) is 0.382. The predicted molar refractivity (Wildman–Crippen MR) is 81.1 cm³/mol. The number of nitrogens with one attached hydrogen (secondary N) is 1. The summed E-state index contributed by atoms with van der Waals surface area (Å²) in [6.45, 7) is 4.80. The van der Waals surface area contributed by atoms with Gasteiger partial charge in [0.25, 0.3) is 5.91 Å². The van der Waals surface area contributed by atoms with Crippen LogP contribution in [-0.2, 0) is 0 Å². The molecule has 0 aliphatic heterocycles. The quantitative estimate of drug-likeness (QED) is 0.853. The highest BCUT2D eigenvalue weighted by molar-refractivity contribution is 5.94. The van der Waals surface area contributed by atoms with Gasteiger partial charge in [0.15, 0.2) is 17.5 Å². The molecule has 1 N–H and O–H groups in total. The molecule has 0 unspecified atom stereocenters. The van der Waals surface area contributed by atoms with Crippen LogP contribution in [0.4, 0.5) is 24.5 Å². The maximum atomic E-state index is 13.7. The molecule has 4 nitrogen and oxygen atoms in total. The van der Waals surface area contributed by atoms with Gasteiger partial charge < -0.3 is 10.2 Å². The van der Waals surface area contributed by atoms with Crippen LogP contribution in [0.25, 0.3) is 0 Å². The molecule has 7 heteroatoms. The molecule has 1 amide bonds. The molecule has 0 saturated heterocycles. The average Bonchev–Trinajstić information content (AvgIpc) is 2.57. The Hall–Kier alpha value is -2.57. The van der Waals surface area contributed by atoms with Gasteiger partial charge in [-0.25, -0.2) is 13.2 Å². The molecule has 122 valence electrons. The van der Waals surface area contributed by atoms with E-state index in [2.05, 4.69) is 10.3 Å². The largest absolute Gasteiger partial charge is 0.352 e. The van der Waals surface area contributed by atoms with Gasteiger partial charge in [-0.3, -0.25) is 9.78 Å². The smallest absolute Gasteiger partial charge is 0.255 e. The molecule has 0 fully saturated rings. The van der Waals surface area contributed by atoms with Gasteiger partial charge in [-0.2, -0.15) is 0 Å². The zero-order valence-electron chi connectivity index (χ0n) is 12.7. The van der Waals surface area contributed by atoms with Crippen molar-refractivity contribution in [3.63, 3.8) is 0 Å². The summed E-state index contributed by atoms with van der Waals surface area (Å²) < 4.78 is 39.8. The molecule has 1 aromatic heterocycles. The number of rotatable bonds is 5. The second-order valence-corrected chi connectivity index (χ2v) is 4.79. The van der Waals surface area contributed by atoms with E-state index in [9.17, 15) is 18.0 Å². The summed E-state index contributed by atoms with van der Waals surface area (Å²) in [5.74, 6) is -4.36. The van der Waals surface area contributed by atoms with Crippen LogP contribution in [-0.4, -0.2) is 28.9 Å². The molecule has 0 saturated carbocycles. The maximum Gasteiger partial charge on any atom is 0.255 e. The fraction of sp³-hybridized carbons (Fsp3) is 0.250. The Morgan fingerprint density at radius 2 is 1.83 bits per heavy atom. The Bertz CT molecular complexity index is 718. The third-order valence-corrected chi connectivity index (χ3v) is 3.35. The second kappa shape index (κ2) is 7.13. The number of amides is 1. The average molecular weight is 323 g/mol. The topological polar surface area (TPSA) is 45.2 Å². The van der Waals surface area contributed by atoms with Crippen molar-refractivity contribution in [3.05, 3.63) is 53.6 Å². The number of anilines is 2. The van der Waals surface area contributed by atoms with E-state index in [1.165, 1.54) is 18.5 Å². The first-order chi connectivity index (χ1) is 11.0. The van der Waals surface area contributed by atoms with E-state index < -0.39 is 17.5 Å². The summed E-state index contributed by atoms with van der Waals surface area (Å²) in [6.07, 6.45) is 2.76. The number of carbonyl (C=O) groups excluding carboxylic acids is 1. The van der Waals surface area contributed by atoms with Crippen molar-refractivity contribution in [1.29, 1.82) is 0 Å². The Labute approximate surface area is 132 Å². The second-order valence-electron chi connectivity index (χ2n) is 4.79. The first kappa shape index (κ1) is 16.8. The number of hydrogen-bond donors (Lipinski definition) is 1. The van der Waals surface area contributed by atoms with E-state index in [-0.39, 0.29) is 11.6 Å². The van der Waals surface area contributed by atoms with Crippen LogP contribution >= 0.6 is 0 Å². The lowest BCUT2D eigenvalue weighted by molar-refractivity contribution is 0.0772. The van der Waals surface area contributed by atoms with Crippen molar-refractivity contribution in [3.8, 4) is 0 Å². The molecule has 0 aliphatic carbocycles. The normalized spacial score (nSPS) is 10.5. The van der Waals surface area contributed by atoms with E-state index in [4.69, 9.17) is 0 Å². The summed E-state index contributed by atoms with van der Waals surface area (Å²) in [6, 6.07) is 3.38. The van der Waals surface area contributed by atoms with Crippen molar-refractivity contribution in [2.24, 2.45) is 0 Å². The minimum absolute atomic E-state index is 0.211. The molecule has 1 heterocycles. The van der Waals surface area contributed by atoms with Crippen molar-refractivity contribution < 1.29 is 18.0 Å². The van der Waals surface area contributed by atoms with E-state index in [0.29, 0.717) is 24.3 Å². The zero-order chi connectivity index (χ0) is 17.0. The standard InChI is InChI=1S/C16H16F3N3O/c1-3-22(4-2)16(23)10-7-11(9-20-8-10)21-13-6-5-12(17)14(18)15(13)19/h5-9,21H,3-4H2,1-2H3. The molecule has 0 spiro atoms. The van der Waals surface area contributed by atoms with Crippen LogP contribution in [0.2, 0.25) is 0 Å². The van der Waals surface area contributed by atoms with Gasteiger partial charge in [0, 0.05) is 19.3 Å². The number of pyridine rings is 1. The molecule has 0 aliphatic rings. The lowest BCUT2D eigenvalue weighted by Crippen LogP contribution is -2.30. The van der Waals surface area contributed by atoms with E-state index >= 15 is 0 Å². The Morgan fingerprint density at radius 1 is 1.13 bits per heavy atom. The Morgan fingerprint density at radius 3 is 2.48 bits per heavy atom. The van der Waals surface area contributed by atoms with Crippen molar-refractivity contribution in [1.82, 2.24) is 9.88 Å². The van der Waals surface area contributed by atoms with Crippen LogP contribution in [0.3, 0.4) is 0 Å². The third kappa shape index (κ3) is 3.61. The molecule has 23 heavy (non-hydrogen) atoms. The van der Waals surface area contributed by atoms with Crippen LogP contribution in [0.5, 0.6) is 0 Å². The van der Waals surface area contributed by atoms with Gasteiger partial charge in [-0.05, 0) is 32.0 Å². The van der Waals surface area contributed by atoms with Gasteiger partial charge in [0.1, 0.15) is 0 Å². The van der Waals surface area contributed by atoms with Crippen LogP contribution in [0.1, 0.15) is 24.2 Å².